The van der Waals surface area contributed by atoms with Gasteiger partial charge in [-0.15, -0.1) is 0 Å². The quantitative estimate of drug-likeness (QED) is 0.101. The number of hydrogen-bond acceptors (Lipinski definition) is 7. The van der Waals surface area contributed by atoms with Crippen molar-refractivity contribution < 1.29 is 37.6 Å². The summed E-state index contributed by atoms with van der Waals surface area (Å²) in [6, 6.07) is 0. The second kappa shape index (κ2) is 18.8. The largest absolute Gasteiger partial charge is 0.756 e. The first kappa shape index (κ1) is 32.5. The van der Waals surface area contributed by atoms with Crippen LogP contribution in [0.4, 0.5) is 0 Å². The number of quaternary nitrogens is 1. The molecule has 0 saturated heterocycles. The number of aliphatic hydroxyl groups is 1. The van der Waals surface area contributed by atoms with E-state index in [0.717, 1.165) is 19.3 Å². The van der Waals surface area contributed by atoms with Crippen LogP contribution < -0.4 is 4.89 Å². The summed E-state index contributed by atoms with van der Waals surface area (Å²) in [5, 5.41) is 9.42. The minimum Gasteiger partial charge on any atom is -0.756 e. The molecule has 0 spiro atoms. The summed E-state index contributed by atoms with van der Waals surface area (Å²) < 4.78 is 27.9. The minimum atomic E-state index is -4.57. The van der Waals surface area contributed by atoms with Gasteiger partial charge in [0.1, 0.15) is 18.8 Å². The van der Waals surface area contributed by atoms with E-state index >= 15 is 0 Å². The van der Waals surface area contributed by atoms with Crippen molar-refractivity contribution in [2.75, 3.05) is 40.9 Å². The molecule has 3 atom stereocenters. The molecule has 0 heterocycles. The molecule has 0 aromatic rings. The lowest BCUT2D eigenvalue weighted by Gasteiger charge is -2.33. The standard InChI is InChI=1S/C24H50NO7P/c1-6-8-9-10-11-12-13-14-15-16-17-18-24(27)31-23(20-26)21-30-33(28,29)32-22(7-2)19-25(3,4)5/h22-23,26H,6-21H2,1-5H3/t22?,23-/m0/s1. The van der Waals surface area contributed by atoms with E-state index in [2.05, 4.69) is 6.92 Å². The Morgan fingerprint density at radius 2 is 1.42 bits per heavy atom. The van der Waals surface area contributed by atoms with E-state index in [4.69, 9.17) is 13.8 Å². The van der Waals surface area contributed by atoms with Crippen molar-refractivity contribution in [3.63, 3.8) is 0 Å². The van der Waals surface area contributed by atoms with Crippen LogP contribution in [0.2, 0.25) is 0 Å². The second-order valence-electron chi connectivity index (χ2n) is 9.93. The van der Waals surface area contributed by atoms with Gasteiger partial charge in [-0.25, -0.2) is 0 Å². The molecule has 0 aliphatic rings. The van der Waals surface area contributed by atoms with Crippen LogP contribution in [0, 0.1) is 0 Å². The topological polar surface area (TPSA) is 105 Å². The van der Waals surface area contributed by atoms with E-state index in [0.29, 0.717) is 17.4 Å². The van der Waals surface area contributed by atoms with Crippen LogP contribution in [-0.4, -0.2) is 68.7 Å². The molecule has 2 unspecified atom stereocenters. The van der Waals surface area contributed by atoms with Crippen molar-refractivity contribution >= 4 is 13.8 Å². The zero-order valence-electron chi connectivity index (χ0n) is 21.8. The number of phosphoric ester groups is 1. The Labute approximate surface area is 202 Å². The highest BCUT2D eigenvalue weighted by Crippen LogP contribution is 2.40. The van der Waals surface area contributed by atoms with Gasteiger partial charge in [-0.2, -0.15) is 0 Å². The molecule has 0 rings (SSSR count). The monoisotopic (exact) mass is 495 g/mol. The fourth-order valence-electron chi connectivity index (χ4n) is 3.54. The van der Waals surface area contributed by atoms with Crippen molar-refractivity contribution in [3.8, 4) is 0 Å². The number of nitrogens with zero attached hydrogens (tertiary/aromatic N) is 1. The first-order valence-corrected chi connectivity index (χ1v) is 14.2. The Morgan fingerprint density at radius 1 is 0.909 bits per heavy atom. The molecule has 0 aliphatic carbocycles. The number of ether oxygens (including phenoxy) is 1. The highest BCUT2D eigenvalue weighted by molar-refractivity contribution is 7.45. The van der Waals surface area contributed by atoms with Gasteiger partial charge in [-0.1, -0.05) is 78.1 Å². The smallest absolute Gasteiger partial charge is 0.306 e. The molecule has 8 nitrogen and oxygen atoms in total. The molecule has 9 heteroatoms. The summed E-state index contributed by atoms with van der Waals surface area (Å²) in [5.74, 6) is -0.452. The molecular formula is C24H50NO7P. The van der Waals surface area contributed by atoms with Crippen LogP contribution in [0.3, 0.4) is 0 Å². The Bertz CT molecular complexity index is 539. The van der Waals surface area contributed by atoms with Crippen molar-refractivity contribution in [1.29, 1.82) is 0 Å². The molecule has 0 radical (unpaired) electrons. The van der Waals surface area contributed by atoms with E-state index in [9.17, 15) is 19.4 Å². The first-order chi connectivity index (χ1) is 15.5. The normalized spacial score (nSPS) is 15.7. The van der Waals surface area contributed by atoms with E-state index in [1.54, 1.807) is 0 Å². The molecule has 0 saturated carbocycles. The molecule has 0 aromatic heterocycles. The van der Waals surface area contributed by atoms with Crippen LogP contribution in [0.15, 0.2) is 0 Å². The lowest BCUT2D eigenvalue weighted by atomic mass is 10.1. The maximum absolute atomic E-state index is 12.1. The highest BCUT2D eigenvalue weighted by Gasteiger charge is 2.24. The number of rotatable bonds is 22. The second-order valence-corrected chi connectivity index (χ2v) is 11.3. The van der Waals surface area contributed by atoms with Gasteiger partial charge in [-0.05, 0) is 12.8 Å². The first-order valence-electron chi connectivity index (χ1n) is 12.8. The van der Waals surface area contributed by atoms with Gasteiger partial charge >= 0.3 is 5.97 Å². The van der Waals surface area contributed by atoms with Crippen molar-refractivity contribution in [2.24, 2.45) is 0 Å². The Balaban J connectivity index is 4.02. The third kappa shape index (κ3) is 20.6. The average Bonchev–Trinajstić information content (AvgIpc) is 2.73. The van der Waals surface area contributed by atoms with Crippen molar-refractivity contribution in [3.05, 3.63) is 0 Å². The van der Waals surface area contributed by atoms with Gasteiger partial charge in [0.2, 0.25) is 0 Å². The number of carbonyl (C=O) groups excluding carboxylic acids is 1. The van der Waals surface area contributed by atoms with Crippen LogP contribution in [0.1, 0.15) is 97.3 Å². The predicted octanol–water partition coefficient (Wildman–Crippen LogP) is 4.58. The molecule has 0 aromatic carbocycles. The SMILES string of the molecule is CCCCCCCCCCCCCC(=O)O[C@@H](CO)COP(=O)([O-])OC(CC)C[N+](C)(C)C. The average molecular weight is 496 g/mol. The van der Waals surface area contributed by atoms with Crippen LogP contribution in [0.25, 0.3) is 0 Å². The van der Waals surface area contributed by atoms with E-state index in [1.165, 1.54) is 51.4 Å². The van der Waals surface area contributed by atoms with Gasteiger partial charge in [0.25, 0.3) is 7.82 Å². The van der Waals surface area contributed by atoms with Crippen LogP contribution in [0.5, 0.6) is 0 Å². The zero-order valence-corrected chi connectivity index (χ0v) is 22.7. The van der Waals surface area contributed by atoms with Gasteiger partial charge in [0.05, 0.1) is 34.4 Å². The third-order valence-corrected chi connectivity index (χ3v) is 6.41. The number of aliphatic hydroxyl groups excluding tert-OH is 1. The van der Waals surface area contributed by atoms with Gasteiger partial charge < -0.3 is 28.3 Å². The Kier molecular flexibility index (Phi) is 18.5. The number of carbonyl (C=O) groups is 1. The molecule has 0 bridgehead atoms. The molecule has 198 valence electrons. The minimum absolute atomic E-state index is 0.250. The summed E-state index contributed by atoms with van der Waals surface area (Å²) in [6.07, 6.45) is 12.3. The number of esters is 1. The van der Waals surface area contributed by atoms with Gasteiger partial charge in [0, 0.05) is 6.42 Å². The summed E-state index contributed by atoms with van der Waals surface area (Å²) in [5.41, 5.74) is 0. The zero-order chi connectivity index (χ0) is 25.2. The summed E-state index contributed by atoms with van der Waals surface area (Å²) in [4.78, 5) is 24.1. The van der Waals surface area contributed by atoms with E-state index in [-0.39, 0.29) is 6.42 Å². The van der Waals surface area contributed by atoms with Crippen LogP contribution in [-0.2, 0) is 23.1 Å². The number of phosphoric acid groups is 1. The number of hydrogen-bond donors (Lipinski definition) is 1. The summed E-state index contributed by atoms with van der Waals surface area (Å²) in [6.45, 7) is 3.60. The fourth-order valence-corrected chi connectivity index (χ4v) is 4.53. The molecule has 0 fully saturated rings. The fraction of sp³-hybridized carbons (Fsp3) is 0.958. The Morgan fingerprint density at radius 3 is 1.88 bits per heavy atom. The van der Waals surface area contributed by atoms with Crippen LogP contribution >= 0.6 is 7.82 Å². The lowest BCUT2D eigenvalue weighted by Crippen LogP contribution is -2.42. The molecule has 0 amide bonds. The van der Waals surface area contributed by atoms with Gasteiger partial charge in [0.15, 0.2) is 0 Å². The number of likely N-dealkylation sites (N-methyl/N-ethyl adjacent to an activating group) is 1. The number of unbranched alkanes of at least 4 members (excludes halogenated alkanes) is 10. The van der Waals surface area contributed by atoms with E-state index < -0.39 is 39.2 Å². The van der Waals surface area contributed by atoms with Gasteiger partial charge in [-0.3, -0.25) is 9.36 Å². The maximum atomic E-state index is 12.1. The molecule has 1 N–H and O–H groups in total. The molecule has 0 aliphatic heterocycles. The van der Waals surface area contributed by atoms with Crippen molar-refractivity contribution in [1.82, 2.24) is 0 Å². The highest BCUT2D eigenvalue weighted by atomic mass is 31.2. The summed E-state index contributed by atoms with van der Waals surface area (Å²) in [7, 11) is 1.26. The maximum Gasteiger partial charge on any atom is 0.306 e. The van der Waals surface area contributed by atoms with E-state index in [1.807, 2.05) is 28.1 Å². The lowest BCUT2D eigenvalue weighted by molar-refractivity contribution is -0.873. The third-order valence-electron chi connectivity index (χ3n) is 5.39. The Hall–Kier alpha value is -0.500. The summed E-state index contributed by atoms with van der Waals surface area (Å²) >= 11 is 0. The molecular weight excluding hydrogens is 445 g/mol. The molecule has 33 heavy (non-hydrogen) atoms. The predicted molar refractivity (Wildman–Crippen MR) is 130 cm³/mol. The van der Waals surface area contributed by atoms with Crippen molar-refractivity contribution in [2.45, 2.75) is 110 Å².